The van der Waals surface area contributed by atoms with Gasteiger partial charge in [-0.25, -0.2) is 4.39 Å². The maximum atomic E-state index is 13.6. The van der Waals surface area contributed by atoms with Crippen LogP contribution < -0.4 is 5.32 Å². The second-order valence-electron chi connectivity index (χ2n) is 4.91. The third-order valence-electron chi connectivity index (χ3n) is 3.40. The van der Waals surface area contributed by atoms with E-state index in [0.717, 1.165) is 16.8 Å². The van der Waals surface area contributed by atoms with Crippen molar-refractivity contribution in [2.75, 3.05) is 0 Å². The van der Waals surface area contributed by atoms with Gasteiger partial charge in [0.25, 0.3) is 5.91 Å². The quantitative estimate of drug-likeness (QED) is 0.805. The van der Waals surface area contributed by atoms with Crippen LogP contribution in [-0.2, 0) is 6.54 Å². The molecule has 0 unspecified atom stereocenters. The molecule has 0 aliphatic rings. The van der Waals surface area contributed by atoms with Gasteiger partial charge < -0.3 is 5.32 Å². The minimum absolute atomic E-state index is 0.0295. The van der Waals surface area contributed by atoms with Gasteiger partial charge in [-0.2, -0.15) is 0 Å². The van der Waals surface area contributed by atoms with Crippen molar-refractivity contribution in [2.45, 2.75) is 6.54 Å². The lowest BCUT2D eigenvalue weighted by atomic mass is 10.1. The van der Waals surface area contributed by atoms with Gasteiger partial charge in [0.1, 0.15) is 5.82 Å². The molecule has 0 saturated carbocycles. The number of hydrogen-bond donors (Lipinski definition) is 1. The molecule has 5 heteroatoms. The Kier molecular flexibility index (Phi) is 4.38. The fourth-order valence-electron chi connectivity index (χ4n) is 2.27. The first-order valence-electron chi connectivity index (χ1n) is 7.13. The lowest BCUT2D eigenvalue weighted by Gasteiger charge is -2.10. The molecule has 1 amide bonds. The van der Waals surface area contributed by atoms with Crippen molar-refractivity contribution in [3.63, 3.8) is 0 Å². The van der Waals surface area contributed by atoms with Crippen LogP contribution in [0.3, 0.4) is 0 Å². The molecule has 0 aliphatic carbocycles. The van der Waals surface area contributed by atoms with Gasteiger partial charge in [0.05, 0.1) is 11.3 Å². The van der Waals surface area contributed by atoms with E-state index in [4.69, 9.17) is 0 Å². The highest BCUT2D eigenvalue weighted by atomic mass is 19.1. The van der Waals surface area contributed by atoms with E-state index in [0.29, 0.717) is 0 Å². The van der Waals surface area contributed by atoms with Crippen molar-refractivity contribution in [3.8, 4) is 11.3 Å². The van der Waals surface area contributed by atoms with E-state index in [2.05, 4.69) is 15.3 Å². The maximum Gasteiger partial charge on any atom is 0.254 e. The van der Waals surface area contributed by atoms with Crippen LogP contribution in [0.4, 0.5) is 4.39 Å². The van der Waals surface area contributed by atoms with E-state index in [1.54, 1.807) is 36.8 Å². The van der Waals surface area contributed by atoms with E-state index in [1.165, 1.54) is 12.1 Å². The van der Waals surface area contributed by atoms with E-state index >= 15 is 0 Å². The number of hydrogen-bond acceptors (Lipinski definition) is 3. The first kappa shape index (κ1) is 14.8. The summed E-state index contributed by atoms with van der Waals surface area (Å²) in [5, 5.41) is 2.73. The van der Waals surface area contributed by atoms with Gasteiger partial charge in [-0.15, -0.1) is 0 Å². The summed E-state index contributed by atoms with van der Waals surface area (Å²) in [7, 11) is 0. The number of halogens is 1. The number of carbonyl (C=O) groups is 1. The molecule has 1 N–H and O–H groups in total. The fourth-order valence-corrected chi connectivity index (χ4v) is 2.27. The van der Waals surface area contributed by atoms with E-state index < -0.39 is 11.7 Å². The molecule has 4 nitrogen and oxygen atoms in total. The second kappa shape index (κ2) is 6.79. The van der Waals surface area contributed by atoms with Crippen LogP contribution in [0.1, 0.15) is 15.9 Å². The molecule has 3 rings (SSSR count). The van der Waals surface area contributed by atoms with Gasteiger partial charge in [0.15, 0.2) is 0 Å². The number of pyridine rings is 2. The molecule has 0 aliphatic heterocycles. The number of nitrogens with one attached hydrogen (secondary N) is 1. The van der Waals surface area contributed by atoms with Gasteiger partial charge in [-0.3, -0.25) is 14.8 Å². The first-order chi connectivity index (χ1) is 11.3. The molecule has 0 radical (unpaired) electrons. The Bertz CT molecular complexity index is 821. The topological polar surface area (TPSA) is 54.9 Å². The Morgan fingerprint density at radius 2 is 1.78 bits per heavy atom. The van der Waals surface area contributed by atoms with Crippen LogP contribution in [0.2, 0.25) is 0 Å². The minimum Gasteiger partial charge on any atom is -0.348 e. The third-order valence-corrected chi connectivity index (χ3v) is 3.40. The van der Waals surface area contributed by atoms with E-state index in [1.807, 2.05) is 18.2 Å². The van der Waals surface area contributed by atoms with Gasteiger partial charge in [-0.1, -0.05) is 18.2 Å². The summed E-state index contributed by atoms with van der Waals surface area (Å²) in [5.74, 6) is -0.988. The summed E-state index contributed by atoms with van der Waals surface area (Å²) in [5.41, 5.74) is 2.56. The predicted molar refractivity (Wildman–Crippen MR) is 85.0 cm³/mol. The van der Waals surface area contributed by atoms with E-state index in [9.17, 15) is 9.18 Å². The largest absolute Gasteiger partial charge is 0.348 e. The molecule has 2 heterocycles. The van der Waals surface area contributed by atoms with Crippen LogP contribution >= 0.6 is 0 Å². The Labute approximate surface area is 133 Å². The van der Waals surface area contributed by atoms with Crippen molar-refractivity contribution < 1.29 is 9.18 Å². The molecular formula is C18H14FN3O. The van der Waals surface area contributed by atoms with Crippen molar-refractivity contribution in [2.24, 2.45) is 0 Å². The summed E-state index contributed by atoms with van der Waals surface area (Å²) in [6.07, 6.45) is 5.06. The molecule has 114 valence electrons. The van der Waals surface area contributed by atoms with Crippen molar-refractivity contribution in [3.05, 3.63) is 84.1 Å². The molecule has 2 aromatic heterocycles. The lowest BCUT2D eigenvalue weighted by Crippen LogP contribution is -2.24. The smallest absolute Gasteiger partial charge is 0.254 e. The normalized spacial score (nSPS) is 10.3. The molecule has 0 bridgehead atoms. The molecular weight excluding hydrogens is 293 g/mol. The molecule has 0 fully saturated rings. The van der Waals surface area contributed by atoms with Crippen LogP contribution in [-0.4, -0.2) is 15.9 Å². The number of rotatable bonds is 4. The zero-order valence-corrected chi connectivity index (χ0v) is 12.2. The van der Waals surface area contributed by atoms with Gasteiger partial charge >= 0.3 is 0 Å². The SMILES string of the molecule is O=C(NCc1cccnc1-c1ccncc1)c1ccccc1F. The standard InChI is InChI=1S/C18H14FN3O/c19-16-6-2-1-5-15(16)18(23)22-12-14-4-3-9-21-17(14)13-7-10-20-11-8-13/h1-11H,12H2,(H,22,23). The van der Waals surface area contributed by atoms with E-state index in [-0.39, 0.29) is 12.1 Å². The fraction of sp³-hybridized carbons (Fsp3) is 0.0556. The number of carbonyl (C=O) groups excluding carboxylic acids is 1. The van der Waals surface area contributed by atoms with Crippen molar-refractivity contribution >= 4 is 5.91 Å². The highest BCUT2D eigenvalue weighted by Crippen LogP contribution is 2.20. The van der Waals surface area contributed by atoms with Crippen molar-refractivity contribution in [1.82, 2.24) is 15.3 Å². The summed E-state index contributed by atoms with van der Waals surface area (Å²) in [6.45, 7) is 0.263. The predicted octanol–water partition coefficient (Wildman–Crippen LogP) is 3.21. The molecule has 1 aromatic carbocycles. The van der Waals surface area contributed by atoms with Crippen LogP contribution in [0.25, 0.3) is 11.3 Å². The van der Waals surface area contributed by atoms with Crippen LogP contribution in [0.5, 0.6) is 0 Å². The highest BCUT2D eigenvalue weighted by Gasteiger charge is 2.12. The summed E-state index contributed by atoms with van der Waals surface area (Å²) >= 11 is 0. The van der Waals surface area contributed by atoms with Gasteiger partial charge in [-0.05, 0) is 35.9 Å². The average Bonchev–Trinajstić information content (AvgIpc) is 2.61. The second-order valence-corrected chi connectivity index (χ2v) is 4.91. The molecule has 0 atom stereocenters. The number of aromatic nitrogens is 2. The zero-order chi connectivity index (χ0) is 16.1. The third kappa shape index (κ3) is 3.40. The average molecular weight is 307 g/mol. The molecule has 0 saturated heterocycles. The Balaban J connectivity index is 1.79. The summed E-state index contributed by atoms with van der Waals surface area (Å²) < 4.78 is 13.6. The van der Waals surface area contributed by atoms with Crippen LogP contribution in [0.15, 0.2) is 67.1 Å². The molecule has 3 aromatic rings. The van der Waals surface area contributed by atoms with Gasteiger partial charge in [0.2, 0.25) is 0 Å². The Morgan fingerprint density at radius 3 is 2.57 bits per heavy atom. The monoisotopic (exact) mass is 307 g/mol. The number of benzene rings is 1. The summed E-state index contributed by atoms with van der Waals surface area (Å²) in [6, 6.07) is 13.3. The minimum atomic E-state index is -0.537. The number of amides is 1. The van der Waals surface area contributed by atoms with Gasteiger partial charge in [0, 0.05) is 30.7 Å². The summed E-state index contributed by atoms with van der Waals surface area (Å²) in [4.78, 5) is 20.5. The van der Waals surface area contributed by atoms with Crippen LogP contribution in [0, 0.1) is 5.82 Å². The first-order valence-corrected chi connectivity index (χ1v) is 7.13. The maximum absolute atomic E-state index is 13.6. The van der Waals surface area contributed by atoms with Crippen molar-refractivity contribution in [1.29, 1.82) is 0 Å². The molecule has 23 heavy (non-hydrogen) atoms. The highest BCUT2D eigenvalue weighted by molar-refractivity contribution is 5.94. The number of nitrogens with zero attached hydrogens (tertiary/aromatic N) is 2. The lowest BCUT2D eigenvalue weighted by molar-refractivity contribution is 0.0947. The zero-order valence-electron chi connectivity index (χ0n) is 12.2. The Hall–Kier alpha value is -3.08. The Morgan fingerprint density at radius 1 is 1.00 bits per heavy atom. The molecule has 0 spiro atoms.